The molecule has 7 rings (SSSR count). The van der Waals surface area contributed by atoms with Crippen LogP contribution in [-0.2, 0) is 9.47 Å². The molecule has 1 saturated carbocycles. The molecule has 3 fully saturated rings. The number of hydrogen-bond donors (Lipinski definition) is 2. The van der Waals surface area contributed by atoms with Crippen LogP contribution in [0.3, 0.4) is 0 Å². The van der Waals surface area contributed by atoms with Crippen molar-refractivity contribution in [3.05, 3.63) is 72.1 Å². The molecule has 10 nitrogen and oxygen atoms in total. The van der Waals surface area contributed by atoms with Gasteiger partial charge in [0.2, 0.25) is 0 Å². The fraction of sp³-hybridized carbons (Fsp3) is 0.500. The molecule has 11 heteroatoms. The number of aromatic nitrogens is 4. The number of likely N-dealkylation sites (tertiary alicyclic amines) is 1. The van der Waals surface area contributed by atoms with Crippen molar-refractivity contribution in [1.29, 1.82) is 0 Å². The van der Waals surface area contributed by atoms with Crippen LogP contribution in [0, 0.1) is 0 Å². The largest absolute Gasteiger partial charge is 0.444 e. The molecule has 4 heterocycles. The fourth-order valence-electron chi connectivity index (χ4n) is 7.38. The molecule has 2 atom stereocenters. The van der Waals surface area contributed by atoms with Gasteiger partial charge < -0.3 is 24.3 Å². The number of aromatic amines is 2. The molecule has 2 aliphatic heterocycles. The van der Waals surface area contributed by atoms with Crippen LogP contribution < -0.4 is 0 Å². The summed E-state index contributed by atoms with van der Waals surface area (Å²) in [6, 6.07) is 17.8. The van der Waals surface area contributed by atoms with E-state index in [1.807, 2.05) is 57.5 Å². The summed E-state index contributed by atoms with van der Waals surface area (Å²) in [4.78, 5) is 46.9. The predicted molar refractivity (Wildman–Crippen MR) is 202 cm³/mol. The van der Waals surface area contributed by atoms with Gasteiger partial charge >= 0.3 is 12.2 Å². The van der Waals surface area contributed by atoms with E-state index in [4.69, 9.17) is 19.4 Å². The van der Waals surface area contributed by atoms with E-state index in [2.05, 4.69) is 71.6 Å². The molecule has 0 spiro atoms. The van der Waals surface area contributed by atoms with Crippen molar-refractivity contribution in [1.82, 2.24) is 29.7 Å². The molecule has 2 amide bonds. The van der Waals surface area contributed by atoms with Crippen LogP contribution in [0.2, 0.25) is 19.1 Å². The van der Waals surface area contributed by atoms with E-state index in [0.29, 0.717) is 12.5 Å². The minimum Gasteiger partial charge on any atom is -0.444 e. The second-order valence-corrected chi connectivity index (χ2v) is 22.4. The maximum Gasteiger partial charge on any atom is 0.410 e. The average molecular weight is 709 g/mol. The Morgan fingerprint density at radius 1 is 0.745 bits per heavy atom. The van der Waals surface area contributed by atoms with Crippen molar-refractivity contribution < 1.29 is 19.1 Å². The van der Waals surface area contributed by atoms with E-state index in [9.17, 15) is 9.59 Å². The van der Waals surface area contributed by atoms with Gasteiger partial charge in [-0.05, 0) is 90.0 Å². The van der Waals surface area contributed by atoms with Crippen molar-refractivity contribution in [3.8, 4) is 33.6 Å². The highest BCUT2D eigenvalue weighted by Gasteiger charge is 2.45. The van der Waals surface area contributed by atoms with E-state index in [1.54, 1.807) is 0 Å². The van der Waals surface area contributed by atoms with E-state index in [0.717, 1.165) is 83.2 Å². The molecule has 2 aromatic heterocycles. The number of imidazole rings is 2. The Kier molecular flexibility index (Phi) is 8.92. The third kappa shape index (κ3) is 7.78. The van der Waals surface area contributed by atoms with Gasteiger partial charge in [-0.1, -0.05) is 61.6 Å². The van der Waals surface area contributed by atoms with E-state index >= 15 is 0 Å². The van der Waals surface area contributed by atoms with Crippen LogP contribution in [0.25, 0.3) is 33.6 Å². The Morgan fingerprint density at radius 3 is 1.90 bits per heavy atom. The highest BCUT2D eigenvalue weighted by atomic mass is 28.3. The molecule has 4 aromatic rings. The molecule has 0 unspecified atom stereocenters. The zero-order valence-corrected chi connectivity index (χ0v) is 32.3. The molecule has 270 valence electrons. The fourth-order valence-corrected chi connectivity index (χ4v) is 10.2. The SMILES string of the molecule is CC(C)(C)OC(=O)N1C[Si](C)(C)C[C@H]1c1ncc(-c2ccc(-c3ccc(-c4nc([C@@H]5CCCN5C(=O)OC(C)(C)C)[nH]c4C4CC4)cc3)cc2)[nH]1. The van der Waals surface area contributed by atoms with Gasteiger partial charge in [-0.25, -0.2) is 19.6 Å². The molecule has 0 bridgehead atoms. The Hall–Kier alpha value is -4.38. The first-order chi connectivity index (χ1) is 24.0. The van der Waals surface area contributed by atoms with Gasteiger partial charge in [-0.2, -0.15) is 0 Å². The van der Waals surface area contributed by atoms with Crippen LogP contribution in [0.4, 0.5) is 9.59 Å². The van der Waals surface area contributed by atoms with E-state index in [1.165, 1.54) is 5.69 Å². The first kappa shape index (κ1) is 35.0. The quantitative estimate of drug-likeness (QED) is 0.193. The summed E-state index contributed by atoms with van der Waals surface area (Å²) in [5.41, 5.74) is 6.36. The third-order valence-electron chi connectivity index (χ3n) is 9.88. The summed E-state index contributed by atoms with van der Waals surface area (Å²) in [5.74, 6) is 2.15. The Bertz CT molecular complexity index is 1900. The highest BCUT2D eigenvalue weighted by Crippen LogP contribution is 2.45. The van der Waals surface area contributed by atoms with Gasteiger partial charge in [0, 0.05) is 29.9 Å². The number of benzene rings is 2. The van der Waals surface area contributed by atoms with Crippen molar-refractivity contribution in [2.24, 2.45) is 0 Å². The molecule has 2 aromatic carbocycles. The summed E-state index contributed by atoms with van der Waals surface area (Å²) in [7, 11) is -1.61. The summed E-state index contributed by atoms with van der Waals surface area (Å²) in [6.07, 6.45) is 6.19. The summed E-state index contributed by atoms with van der Waals surface area (Å²) >= 11 is 0. The summed E-state index contributed by atoms with van der Waals surface area (Å²) in [6.45, 7) is 16.7. The Balaban J connectivity index is 1.07. The van der Waals surface area contributed by atoms with Crippen LogP contribution in [-0.4, -0.2) is 73.9 Å². The predicted octanol–water partition coefficient (Wildman–Crippen LogP) is 9.62. The molecule has 51 heavy (non-hydrogen) atoms. The minimum atomic E-state index is -1.61. The lowest BCUT2D eigenvalue weighted by Gasteiger charge is -2.28. The highest BCUT2D eigenvalue weighted by molar-refractivity contribution is 6.78. The first-order valence-electron chi connectivity index (χ1n) is 18.4. The van der Waals surface area contributed by atoms with Gasteiger partial charge in [-0.15, -0.1) is 0 Å². The molecule has 2 saturated heterocycles. The number of rotatable bonds is 6. The zero-order valence-electron chi connectivity index (χ0n) is 31.3. The average Bonchev–Trinajstić information content (AvgIpc) is 3.43. The lowest BCUT2D eigenvalue weighted by atomic mass is 10.00. The number of H-pyrrole nitrogens is 2. The van der Waals surface area contributed by atoms with E-state index in [-0.39, 0.29) is 24.3 Å². The van der Waals surface area contributed by atoms with Crippen molar-refractivity contribution in [2.75, 3.05) is 12.7 Å². The number of hydrogen-bond acceptors (Lipinski definition) is 6. The second kappa shape index (κ2) is 13.0. The smallest absolute Gasteiger partial charge is 0.410 e. The standard InChI is InChI=1S/C40H52N6O4Si/c1-39(2,3)49-37(47)45-21-9-10-31(45)36-43-33(34(44-36)29-19-20-29)28-17-13-26(14-18-28)25-11-15-27(16-12-25)30-22-41-35(42-30)32-23-51(7,8)24-46(32)38(48)50-40(4,5)6/h11-18,22,29,31-32H,9-10,19-21,23-24H2,1-8H3,(H,41,42)(H,43,44)/t31-,32-/m0/s1. The molecule has 0 radical (unpaired) electrons. The van der Waals surface area contributed by atoms with Crippen LogP contribution in [0.5, 0.6) is 0 Å². The van der Waals surface area contributed by atoms with Crippen molar-refractivity contribution >= 4 is 20.3 Å². The maximum atomic E-state index is 13.1. The number of ether oxygens (including phenoxy) is 2. The Morgan fingerprint density at radius 2 is 1.31 bits per heavy atom. The molecular weight excluding hydrogens is 657 g/mol. The molecule has 3 aliphatic rings. The van der Waals surface area contributed by atoms with Crippen molar-refractivity contribution in [2.45, 2.75) is 116 Å². The molecule has 2 N–H and O–H groups in total. The summed E-state index contributed by atoms with van der Waals surface area (Å²) in [5, 5.41) is 0. The summed E-state index contributed by atoms with van der Waals surface area (Å²) < 4.78 is 11.5. The zero-order chi connectivity index (χ0) is 36.3. The van der Waals surface area contributed by atoms with Crippen LogP contribution in [0.1, 0.15) is 103 Å². The molecular formula is C40H52N6O4Si. The van der Waals surface area contributed by atoms with Gasteiger partial charge in [0.05, 0.1) is 37.7 Å². The normalized spacial score (nSPS) is 20.5. The number of amides is 2. The lowest BCUT2D eigenvalue weighted by Crippen LogP contribution is -2.39. The minimum absolute atomic E-state index is 0.106. The number of nitrogens with zero attached hydrogens (tertiary/aromatic N) is 4. The maximum absolute atomic E-state index is 13.1. The molecule has 1 aliphatic carbocycles. The first-order valence-corrected chi connectivity index (χ1v) is 21.8. The van der Waals surface area contributed by atoms with Crippen LogP contribution >= 0.6 is 0 Å². The van der Waals surface area contributed by atoms with Gasteiger partial charge in [0.15, 0.2) is 0 Å². The van der Waals surface area contributed by atoms with Gasteiger partial charge in [-0.3, -0.25) is 4.90 Å². The third-order valence-corrected chi connectivity index (χ3v) is 12.6. The number of carbonyl (C=O) groups excluding carboxylic acids is 2. The number of nitrogens with one attached hydrogen (secondary N) is 2. The van der Waals surface area contributed by atoms with Crippen LogP contribution in [0.15, 0.2) is 54.7 Å². The number of carbonyl (C=O) groups is 2. The Labute approximate surface area is 302 Å². The second-order valence-electron chi connectivity index (χ2n) is 17.3. The van der Waals surface area contributed by atoms with Gasteiger partial charge in [0.25, 0.3) is 0 Å². The van der Waals surface area contributed by atoms with Gasteiger partial charge in [0.1, 0.15) is 22.9 Å². The van der Waals surface area contributed by atoms with E-state index < -0.39 is 19.3 Å². The topological polar surface area (TPSA) is 116 Å². The monoisotopic (exact) mass is 708 g/mol. The van der Waals surface area contributed by atoms with Crippen molar-refractivity contribution in [3.63, 3.8) is 0 Å². The lowest BCUT2D eigenvalue weighted by molar-refractivity contribution is 0.0212.